The molecular weight excluding hydrogens is 396 g/mol. The molecule has 1 aliphatic heterocycles. The molecule has 2 aromatic rings. The van der Waals surface area contributed by atoms with Gasteiger partial charge in [-0.3, -0.25) is 9.59 Å². The Balaban J connectivity index is 2.12. The summed E-state index contributed by atoms with van der Waals surface area (Å²) in [6, 6.07) is 13.3. The number of hydrogen-bond acceptors (Lipinski definition) is 5. The van der Waals surface area contributed by atoms with Gasteiger partial charge in [0, 0.05) is 18.5 Å². The fraction of sp³-hybridized carbons (Fsp3) is 0.333. The second-order valence-electron chi connectivity index (χ2n) is 7.81. The van der Waals surface area contributed by atoms with E-state index in [9.17, 15) is 14.7 Å². The molecule has 3 rings (SSSR count). The van der Waals surface area contributed by atoms with E-state index in [2.05, 4.69) is 0 Å². The zero-order valence-corrected chi connectivity index (χ0v) is 18.3. The molecule has 2 N–H and O–H groups in total. The van der Waals surface area contributed by atoms with Gasteiger partial charge in [-0.1, -0.05) is 24.3 Å². The third kappa shape index (κ3) is 4.72. The van der Waals surface area contributed by atoms with Crippen LogP contribution in [0.1, 0.15) is 23.6 Å². The fourth-order valence-electron chi connectivity index (χ4n) is 3.80. The Kier molecular flexibility index (Phi) is 6.97. The molecule has 0 radical (unpaired) electrons. The van der Waals surface area contributed by atoms with Crippen molar-refractivity contribution in [2.75, 3.05) is 41.4 Å². The van der Waals surface area contributed by atoms with Crippen LogP contribution in [0.25, 0.3) is 5.76 Å². The van der Waals surface area contributed by atoms with Crippen LogP contribution in [0.4, 0.5) is 0 Å². The number of nitrogens with zero attached hydrogens (tertiary/aromatic N) is 1. The molecule has 0 saturated carbocycles. The molecule has 0 unspecified atom stereocenters. The summed E-state index contributed by atoms with van der Waals surface area (Å²) in [5.74, 6) is -0.352. The number of carbonyl (C=O) groups is 2. The second kappa shape index (κ2) is 9.66. The average molecular weight is 426 g/mol. The van der Waals surface area contributed by atoms with E-state index in [0.717, 1.165) is 13.0 Å². The standard InChI is InChI=1S/C24H28N2O5/c1-25(2)12-7-13-26-21(16-8-5-10-18(14-16)30-3)20(23(28)24(26)29)22(27)17-9-6-11-19(15-17)31-4/h5-6,8-11,14-15,21,27H,7,12-13H2,1-4H3/p+1/t21-/m1/s1. The highest BCUT2D eigenvalue weighted by Gasteiger charge is 2.46. The van der Waals surface area contributed by atoms with Crippen LogP contribution >= 0.6 is 0 Å². The maximum atomic E-state index is 13.0. The normalized spacial score (nSPS) is 18.0. The van der Waals surface area contributed by atoms with Crippen LogP contribution in [0.15, 0.2) is 54.1 Å². The number of ketones is 1. The fourth-order valence-corrected chi connectivity index (χ4v) is 3.80. The highest BCUT2D eigenvalue weighted by Crippen LogP contribution is 2.40. The number of hydrogen-bond donors (Lipinski definition) is 2. The number of carbonyl (C=O) groups excluding carboxylic acids is 2. The number of rotatable bonds is 8. The number of methoxy groups -OCH3 is 2. The summed E-state index contributed by atoms with van der Waals surface area (Å²) in [5.41, 5.74) is 1.20. The third-order valence-electron chi connectivity index (χ3n) is 5.37. The molecular formula is C24H29N2O5+. The van der Waals surface area contributed by atoms with Crippen molar-refractivity contribution in [3.8, 4) is 11.5 Å². The summed E-state index contributed by atoms with van der Waals surface area (Å²) in [4.78, 5) is 28.8. The van der Waals surface area contributed by atoms with Crippen LogP contribution in [0.3, 0.4) is 0 Å². The molecule has 0 bridgehead atoms. The maximum absolute atomic E-state index is 13.0. The Hall–Kier alpha value is -3.32. The van der Waals surface area contributed by atoms with Crippen LogP contribution < -0.4 is 14.4 Å². The topological polar surface area (TPSA) is 80.5 Å². The number of Topliss-reactive ketones (excluding diaryl/α,β-unsaturated/α-hetero) is 1. The first-order valence-corrected chi connectivity index (χ1v) is 10.2. The lowest BCUT2D eigenvalue weighted by Gasteiger charge is -2.25. The molecule has 0 spiro atoms. The van der Waals surface area contributed by atoms with Gasteiger partial charge >= 0.3 is 0 Å². The van der Waals surface area contributed by atoms with E-state index in [-0.39, 0.29) is 11.3 Å². The molecule has 1 fully saturated rings. The Morgan fingerprint density at radius 1 is 1.03 bits per heavy atom. The second-order valence-corrected chi connectivity index (χ2v) is 7.81. The smallest absolute Gasteiger partial charge is 0.295 e. The molecule has 7 heteroatoms. The van der Waals surface area contributed by atoms with Crippen molar-refractivity contribution in [3.05, 3.63) is 65.2 Å². The average Bonchev–Trinajstić information content (AvgIpc) is 3.03. The lowest BCUT2D eigenvalue weighted by Crippen LogP contribution is -3.05. The van der Waals surface area contributed by atoms with Crippen LogP contribution in [-0.2, 0) is 9.59 Å². The molecule has 7 nitrogen and oxygen atoms in total. The summed E-state index contributed by atoms with van der Waals surface area (Å²) in [5, 5.41) is 11.1. The summed E-state index contributed by atoms with van der Waals surface area (Å²) >= 11 is 0. The molecule has 1 atom stereocenters. The van der Waals surface area contributed by atoms with Crippen LogP contribution in [0.2, 0.25) is 0 Å². The summed E-state index contributed by atoms with van der Waals surface area (Å²) in [6.07, 6.45) is 0.731. The van der Waals surface area contributed by atoms with E-state index in [4.69, 9.17) is 9.47 Å². The van der Waals surface area contributed by atoms with Gasteiger partial charge in [0.25, 0.3) is 11.7 Å². The zero-order valence-electron chi connectivity index (χ0n) is 18.3. The van der Waals surface area contributed by atoms with E-state index in [1.54, 1.807) is 48.4 Å². The van der Waals surface area contributed by atoms with Crippen LogP contribution in [0.5, 0.6) is 11.5 Å². The lowest BCUT2D eigenvalue weighted by atomic mass is 9.95. The van der Waals surface area contributed by atoms with Crippen LogP contribution in [-0.4, -0.2) is 63.1 Å². The molecule has 1 aliphatic rings. The van der Waals surface area contributed by atoms with Crippen LogP contribution in [0, 0.1) is 0 Å². The largest absolute Gasteiger partial charge is 0.507 e. The van der Waals surface area contributed by atoms with Crippen molar-refractivity contribution in [1.29, 1.82) is 0 Å². The first-order chi connectivity index (χ1) is 14.9. The number of amides is 1. The number of ether oxygens (including phenoxy) is 2. The van der Waals surface area contributed by atoms with E-state index in [0.29, 0.717) is 29.2 Å². The number of nitrogens with one attached hydrogen (secondary N) is 1. The molecule has 31 heavy (non-hydrogen) atoms. The molecule has 0 aromatic heterocycles. The molecule has 1 amide bonds. The summed E-state index contributed by atoms with van der Waals surface area (Å²) < 4.78 is 10.6. The van der Waals surface area contributed by atoms with Crippen molar-refractivity contribution in [2.45, 2.75) is 12.5 Å². The van der Waals surface area contributed by atoms with Crippen molar-refractivity contribution in [2.24, 2.45) is 0 Å². The molecule has 164 valence electrons. The van der Waals surface area contributed by atoms with Gasteiger partial charge in [0.1, 0.15) is 17.3 Å². The predicted molar refractivity (Wildman–Crippen MR) is 117 cm³/mol. The van der Waals surface area contributed by atoms with Crippen molar-refractivity contribution < 1.29 is 29.1 Å². The SMILES string of the molecule is COc1cccc(C(O)=C2C(=O)C(=O)N(CCC[NH+](C)C)[C@@H]2c2cccc(OC)c2)c1. The monoisotopic (exact) mass is 425 g/mol. The predicted octanol–water partition coefficient (Wildman–Crippen LogP) is 1.66. The summed E-state index contributed by atoms with van der Waals surface area (Å²) in [6.45, 7) is 1.26. The van der Waals surface area contributed by atoms with E-state index < -0.39 is 17.7 Å². The molecule has 1 heterocycles. The molecule has 0 aliphatic carbocycles. The minimum absolute atomic E-state index is 0.0729. The van der Waals surface area contributed by atoms with Crippen molar-refractivity contribution in [3.63, 3.8) is 0 Å². The maximum Gasteiger partial charge on any atom is 0.295 e. The van der Waals surface area contributed by atoms with Crippen molar-refractivity contribution >= 4 is 17.4 Å². The highest BCUT2D eigenvalue weighted by molar-refractivity contribution is 6.46. The minimum atomic E-state index is -0.696. The molecule has 2 aromatic carbocycles. The van der Waals surface area contributed by atoms with Crippen molar-refractivity contribution in [1.82, 2.24) is 4.90 Å². The molecule has 1 saturated heterocycles. The quantitative estimate of drug-likeness (QED) is 0.382. The van der Waals surface area contributed by atoms with E-state index in [1.165, 1.54) is 12.0 Å². The van der Waals surface area contributed by atoms with Gasteiger partial charge < -0.3 is 24.4 Å². The number of likely N-dealkylation sites (tertiary alicyclic amines) is 1. The van der Waals surface area contributed by atoms with Gasteiger partial charge in [-0.15, -0.1) is 0 Å². The van der Waals surface area contributed by atoms with E-state index in [1.807, 2.05) is 26.2 Å². The van der Waals surface area contributed by atoms with Gasteiger partial charge in [-0.05, 0) is 29.8 Å². The minimum Gasteiger partial charge on any atom is -0.507 e. The van der Waals surface area contributed by atoms with Gasteiger partial charge in [0.05, 0.1) is 46.5 Å². The van der Waals surface area contributed by atoms with Gasteiger partial charge in [-0.2, -0.15) is 0 Å². The Morgan fingerprint density at radius 3 is 2.32 bits per heavy atom. The Bertz CT molecular complexity index is 999. The van der Waals surface area contributed by atoms with Gasteiger partial charge in [0.15, 0.2) is 0 Å². The van der Waals surface area contributed by atoms with E-state index >= 15 is 0 Å². The van der Waals surface area contributed by atoms with Gasteiger partial charge in [-0.25, -0.2) is 0 Å². The first kappa shape index (κ1) is 22.4. The first-order valence-electron chi connectivity index (χ1n) is 10.2. The van der Waals surface area contributed by atoms with Gasteiger partial charge in [0.2, 0.25) is 0 Å². The highest BCUT2D eigenvalue weighted by atomic mass is 16.5. The Labute approximate surface area is 182 Å². The number of aliphatic hydroxyl groups excluding tert-OH is 1. The number of benzene rings is 2. The number of aliphatic hydroxyl groups is 1. The third-order valence-corrected chi connectivity index (χ3v) is 5.37. The Morgan fingerprint density at radius 2 is 1.68 bits per heavy atom. The summed E-state index contributed by atoms with van der Waals surface area (Å²) in [7, 11) is 7.17. The zero-order chi connectivity index (χ0) is 22.5. The number of quaternary nitrogens is 1. The lowest BCUT2D eigenvalue weighted by molar-refractivity contribution is -0.858.